The average Bonchev–Trinajstić information content (AvgIpc) is 0.766. The van der Waals surface area contributed by atoms with Crippen LogP contribution in [-0.4, -0.2) is 193 Å². The van der Waals surface area contributed by atoms with Crippen molar-refractivity contribution in [2.75, 3.05) is 26.4 Å². The van der Waals surface area contributed by atoms with Crippen LogP contribution in [0.15, 0.2) is 24.3 Å². The van der Waals surface area contributed by atoms with Crippen LogP contribution in [0.2, 0.25) is 0 Å². The Labute approximate surface area is 619 Å². The van der Waals surface area contributed by atoms with Crippen LogP contribution in [0.4, 0.5) is 0 Å². The van der Waals surface area contributed by atoms with E-state index in [2.05, 4.69) is 43.5 Å². The number of ether oxygens (including phenoxy) is 6. The highest BCUT2D eigenvalue weighted by molar-refractivity contribution is 5.76. The molecule has 102 heavy (non-hydrogen) atoms. The monoisotopic (exact) mass is 1460 g/mol. The molecule has 19 nitrogen and oxygen atoms in total. The number of aliphatic hydroxyl groups excluding tert-OH is 11. The Morgan fingerprint density at radius 3 is 1.00 bits per heavy atom. The zero-order valence-electron chi connectivity index (χ0n) is 64.6. The summed E-state index contributed by atoms with van der Waals surface area (Å²) in [4.78, 5) is 13.5. The maximum atomic E-state index is 13.5. The summed E-state index contributed by atoms with van der Waals surface area (Å²) in [7, 11) is 0. The number of rotatable bonds is 69. The molecular formula is C83H157NO18. The lowest BCUT2D eigenvalue weighted by molar-refractivity contribution is -0.379. The molecule has 3 rings (SSSR count). The van der Waals surface area contributed by atoms with Gasteiger partial charge in [-0.15, -0.1) is 0 Å². The van der Waals surface area contributed by atoms with Crippen molar-refractivity contribution in [3.8, 4) is 0 Å². The van der Waals surface area contributed by atoms with Gasteiger partial charge in [-0.05, 0) is 44.9 Å². The maximum Gasteiger partial charge on any atom is 0.220 e. The van der Waals surface area contributed by atoms with Gasteiger partial charge in [-0.3, -0.25) is 4.79 Å². The van der Waals surface area contributed by atoms with Crippen LogP contribution in [0.25, 0.3) is 0 Å². The summed E-state index contributed by atoms with van der Waals surface area (Å²) in [6.45, 7) is 1.86. The Morgan fingerprint density at radius 1 is 0.353 bits per heavy atom. The largest absolute Gasteiger partial charge is 0.394 e. The number of nitrogens with one attached hydrogen (secondary N) is 1. The highest BCUT2D eigenvalue weighted by Gasteiger charge is 2.54. The zero-order chi connectivity index (χ0) is 73.9. The Bertz CT molecular complexity index is 1940. The molecule has 0 aromatic rings. The van der Waals surface area contributed by atoms with E-state index in [0.717, 1.165) is 51.4 Å². The van der Waals surface area contributed by atoms with Crippen molar-refractivity contribution in [1.29, 1.82) is 0 Å². The standard InChI is InChI=1S/C83H157NO18/c1-3-5-7-9-11-13-15-17-19-21-23-25-27-29-31-33-35-37-39-41-43-45-47-49-51-53-55-57-59-61-71(89)84-66(67(88)60-58-56-54-52-50-48-46-44-42-40-38-36-34-32-30-28-26-24-22-20-18-16-14-12-10-8-6-4-2)65-97-81-77(95)74(92)79(69(63-86)99-81)102-83-78(96)75(93)80(70(64-87)100-83)101-82-76(94)73(91)72(90)68(62-85)98-82/h15,17,21,23,66-70,72-83,85-88,90-96H,3-14,16,18-20,22,24-65H2,1-2H3,(H,84,89)/b17-15-,23-21-. The van der Waals surface area contributed by atoms with Gasteiger partial charge in [0.1, 0.15) is 73.2 Å². The van der Waals surface area contributed by atoms with Crippen LogP contribution in [0, 0.1) is 0 Å². The third kappa shape index (κ3) is 43.5. The molecular weight excluding hydrogens is 1300 g/mol. The van der Waals surface area contributed by atoms with E-state index in [9.17, 15) is 61.0 Å². The van der Waals surface area contributed by atoms with Gasteiger partial charge in [-0.1, -0.05) is 340 Å². The molecule has 0 aromatic heterocycles. The first-order chi connectivity index (χ1) is 49.8. The Morgan fingerprint density at radius 2 is 0.647 bits per heavy atom. The van der Waals surface area contributed by atoms with Gasteiger partial charge in [0.05, 0.1) is 38.6 Å². The smallest absolute Gasteiger partial charge is 0.220 e. The van der Waals surface area contributed by atoms with Gasteiger partial charge in [0, 0.05) is 6.42 Å². The molecule has 3 heterocycles. The lowest BCUT2D eigenvalue weighted by atomic mass is 9.96. The molecule has 3 aliphatic heterocycles. The number of hydrogen-bond donors (Lipinski definition) is 12. The Kier molecular flexibility index (Phi) is 59.4. The zero-order valence-corrected chi connectivity index (χ0v) is 64.6. The molecule has 0 bridgehead atoms. The summed E-state index contributed by atoms with van der Waals surface area (Å²) < 4.78 is 34.6. The summed E-state index contributed by atoms with van der Waals surface area (Å²) in [5.41, 5.74) is 0. The van der Waals surface area contributed by atoms with Crippen molar-refractivity contribution in [3.05, 3.63) is 24.3 Å². The van der Waals surface area contributed by atoms with E-state index in [0.29, 0.717) is 12.8 Å². The van der Waals surface area contributed by atoms with Crippen molar-refractivity contribution in [2.45, 2.75) is 471 Å². The molecule has 0 saturated carbocycles. The summed E-state index contributed by atoms with van der Waals surface area (Å²) in [6, 6.07) is -0.887. The topological polar surface area (TPSA) is 307 Å². The molecule has 3 aliphatic rings. The van der Waals surface area contributed by atoms with Crippen LogP contribution < -0.4 is 5.32 Å². The number of unbranched alkanes of at least 4 members (excludes halogenated alkanes) is 49. The molecule has 1 amide bonds. The molecule has 17 atom stereocenters. The van der Waals surface area contributed by atoms with Gasteiger partial charge in [-0.2, -0.15) is 0 Å². The minimum atomic E-state index is -1.97. The minimum absolute atomic E-state index is 0.235. The molecule has 0 aliphatic carbocycles. The molecule has 0 radical (unpaired) electrons. The maximum absolute atomic E-state index is 13.5. The van der Waals surface area contributed by atoms with Crippen molar-refractivity contribution in [2.24, 2.45) is 0 Å². The highest BCUT2D eigenvalue weighted by Crippen LogP contribution is 2.34. The number of hydrogen-bond acceptors (Lipinski definition) is 18. The summed E-state index contributed by atoms with van der Waals surface area (Å²) >= 11 is 0. The average molecular weight is 1460 g/mol. The first-order valence-electron chi connectivity index (χ1n) is 42.6. The predicted molar refractivity (Wildman–Crippen MR) is 406 cm³/mol. The van der Waals surface area contributed by atoms with Crippen LogP contribution in [0.3, 0.4) is 0 Å². The molecule has 12 N–H and O–H groups in total. The van der Waals surface area contributed by atoms with E-state index < -0.39 is 124 Å². The lowest BCUT2D eigenvalue weighted by Gasteiger charge is -2.48. The van der Waals surface area contributed by atoms with Crippen molar-refractivity contribution >= 4 is 5.91 Å². The molecule has 0 aromatic carbocycles. The van der Waals surface area contributed by atoms with Crippen molar-refractivity contribution < 1.29 is 89.4 Å². The van der Waals surface area contributed by atoms with E-state index in [1.807, 2.05) is 0 Å². The van der Waals surface area contributed by atoms with Crippen molar-refractivity contribution in [3.63, 3.8) is 0 Å². The summed E-state index contributed by atoms with van der Waals surface area (Å²) in [5, 5.41) is 121. The van der Waals surface area contributed by atoms with Gasteiger partial charge in [0.25, 0.3) is 0 Å². The second-order valence-electron chi connectivity index (χ2n) is 30.7. The minimum Gasteiger partial charge on any atom is -0.394 e. The first kappa shape index (κ1) is 94.5. The Balaban J connectivity index is 1.35. The molecule has 3 saturated heterocycles. The van der Waals surface area contributed by atoms with Gasteiger partial charge in [0.2, 0.25) is 5.91 Å². The fraction of sp³-hybridized carbons (Fsp3) is 0.940. The number of carbonyl (C=O) groups is 1. The van der Waals surface area contributed by atoms with Gasteiger partial charge in [0.15, 0.2) is 18.9 Å². The quantitative estimate of drug-likeness (QED) is 0.0199. The van der Waals surface area contributed by atoms with Crippen LogP contribution in [0.5, 0.6) is 0 Å². The molecule has 17 unspecified atom stereocenters. The first-order valence-corrected chi connectivity index (χ1v) is 42.6. The van der Waals surface area contributed by atoms with Crippen molar-refractivity contribution in [1.82, 2.24) is 5.32 Å². The summed E-state index contributed by atoms with van der Waals surface area (Å²) in [5.74, 6) is -0.235. The van der Waals surface area contributed by atoms with Crippen LogP contribution >= 0.6 is 0 Å². The predicted octanol–water partition coefficient (Wildman–Crippen LogP) is 14.9. The SMILES string of the molecule is CCCCCCC/C=C\C/C=C\CCCCCCCCCCCCCCCCCCCC(=O)NC(COC1OC(CO)C(OC2OC(CO)C(OC3OC(CO)C(O)C(O)C3O)C(O)C2O)C(O)C1O)C(O)CCCCCCCCCCCCCCCCCCCCCCCCCCCCCC. The molecule has 0 spiro atoms. The van der Waals surface area contributed by atoms with E-state index in [1.54, 1.807) is 0 Å². The fourth-order valence-electron chi connectivity index (χ4n) is 14.7. The Hall–Kier alpha value is -1.73. The van der Waals surface area contributed by atoms with Gasteiger partial charge < -0.3 is 89.9 Å². The second kappa shape index (κ2) is 64.1. The molecule has 19 heteroatoms. The van der Waals surface area contributed by atoms with Crippen LogP contribution in [0.1, 0.15) is 367 Å². The molecule has 3 fully saturated rings. The van der Waals surface area contributed by atoms with E-state index in [1.165, 1.54) is 283 Å². The number of aliphatic hydroxyl groups is 11. The third-order valence-corrected chi connectivity index (χ3v) is 21.5. The number of carbonyl (C=O) groups excluding carboxylic acids is 1. The highest BCUT2D eigenvalue weighted by atomic mass is 16.8. The number of allylic oxidation sites excluding steroid dienone is 4. The van der Waals surface area contributed by atoms with Crippen LogP contribution in [-0.2, 0) is 33.2 Å². The number of amides is 1. The fourth-order valence-corrected chi connectivity index (χ4v) is 14.7. The van der Waals surface area contributed by atoms with Gasteiger partial charge in [-0.25, -0.2) is 0 Å². The van der Waals surface area contributed by atoms with E-state index in [-0.39, 0.29) is 18.9 Å². The normalized spacial score (nSPS) is 26.2. The lowest BCUT2D eigenvalue weighted by Crippen LogP contribution is -2.66. The second-order valence-corrected chi connectivity index (χ2v) is 30.7. The van der Waals surface area contributed by atoms with Gasteiger partial charge >= 0.3 is 0 Å². The van der Waals surface area contributed by atoms with E-state index >= 15 is 0 Å². The third-order valence-electron chi connectivity index (χ3n) is 21.5. The summed E-state index contributed by atoms with van der Waals surface area (Å²) in [6.07, 6.45) is 51.3. The van der Waals surface area contributed by atoms with E-state index in [4.69, 9.17) is 28.4 Å². The molecule has 602 valence electrons.